The van der Waals surface area contributed by atoms with Gasteiger partial charge in [-0.2, -0.15) is 0 Å². The summed E-state index contributed by atoms with van der Waals surface area (Å²) in [6.07, 6.45) is 6.75. The summed E-state index contributed by atoms with van der Waals surface area (Å²) in [5.74, 6) is 0.867. The lowest BCUT2D eigenvalue weighted by Crippen LogP contribution is -2.38. The Labute approximate surface area is 169 Å². The Morgan fingerprint density at radius 1 is 1.00 bits per heavy atom. The van der Waals surface area contributed by atoms with Gasteiger partial charge >= 0.3 is 0 Å². The maximum Gasteiger partial charge on any atom is 0.191 e. The van der Waals surface area contributed by atoms with Crippen LogP contribution in [-0.4, -0.2) is 42.0 Å². The Balaban J connectivity index is 1.57. The number of likely N-dealkylation sites (tertiary alicyclic amines) is 1. The molecule has 0 bridgehead atoms. The third-order valence-corrected chi connectivity index (χ3v) is 5.11. The maximum absolute atomic E-state index is 4.82. The lowest BCUT2D eigenvalue weighted by Gasteiger charge is -2.27. The number of aliphatic imine (C=N–C) groups is 1. The van der Waals surface area contributed by atoms with Gasteiger partial charge in [0.05, 0.1) is 6.54 Å². The van der Waals surface area contributed by atoms with E-state index in [-0.39, 0.29) is 0 Å². The number of aromatic nitrogens is 1. The van der Waals surface area contributed by atoms with Gasteiger partial charge in [0.1, 0.15) is 0 Å². The van der Waals surface area contributed by atoms with E-state index in [9.17, 15) is 0 Å². The van der Waals surface area contributed by atoms with Crippen LogP contribution in [0.25, 0.3) is 0 Å². The molecule has 1 fully saturated rings. The van der Waals surface area contributed by atoms with Crippen LogP contribution in [-0.2, 0) is 19.5 Å². The summed E-state index contributed by atoms with van der Waals surface area (Å²) in [4.78, 5) is 11.8. The predicted molar refractivity (Wildman–Crippen MR) is 116 cm³/mol. The van der Waals surface area contributed by atoms with E-state index in [0.29, 0.717) is 6.54 Å². The highest BCUT2D eigenvalue weighted by Crippen LogP contribution is 2.16. The maximum atomic E-state index is 4.82. The van der Waals surface area contributed by atoms with E-state index in [1.807, 2.05) is 18.3 Å². The molecule has 5 nitrogen and oxygen atoms in total. The zero-order valence-electron chi connectivity index (χ0n) is 17.0. The van der Waals surface area contributed by atoms with Gasteiger partial charge in [-0.25, -0.2) is 4.99 Å². The zero-order chi connectivity index (χ0) is 19.4. The van der Waals surface area contributed by atoms with Crippen molar-refractivity contribution in [2.45, 2.75) is 45.7 Å². The Kier molecular flexibility index (Phi) is 8.31. The van der Waals surface area contributed by atoms with Crippen molar-refractivity contribution < 1.29 is 0 Å². The molecule has 5 heteroatoms. The van der Waals surface area contributed by atoms with E-state index < -0.39 is 0 Å². The topological polar surface area (TPSA) is 52.6 Å². The number of piperidine rings is 1. The van der Waals surface area contributed by atoms with Crippen molar-refractivity contribution in [3.63, 3.8) is 0 Å². The molecular weight excluding hydrogens is 346 g/mol. The lowest BCUT2D eigenvalue weighted by atomic mass is 10.1. The van der Waals surface area contributed by atoms with Crippen LogP contribution in [0, 0.1) is 0 Å². The molecule has 0 aliphatic carbocycles. The summed E-state index contributed by atoms with van der Waals surface area (Å²) < 4.78 is 0. The predicted octanol–water partition coefficient (Wildman–Crippen LogP) is 3.37. The number of rotatable bonds is 8. The molecule has 0 saturated carbocycles. The zero-order valence-corrected chi connectivity index (χ0v) is 17.0. The number of pyridine rings is 1. The molecular formula is C23H33N5. The van der Waals surface area contributed by atoms with Gasteiger partial charge in [-0.05, 0) is 56.1 Å². The van der Waals surface area contributed by atoms with Gasteiger partial charge in [-0.1, -0.05) is 36.8 Å². The molecule has 0 amide bonds. The van der Waals surface area contributed by atoms with Gasteiger partial charge < -0.3 is 10.6 Å². The first kappa shape index (κ1) is 20.3. The summed E-state index contributed by atoms with van der Waals surface area (Å²) in [7, 11) is 0. The molecule has 1 saturated heterocycles. The minimum Gasteiger partial charge on any atom is -0.357 e. The highest BCUT2D eigenvalue weighted by atomic mass is 15.2. The van der Waals surface area contributed by atoms with Crippen molar-refractivity contribution in [2.24, 2.45) is 4.99 Å². The van der Waals surface area contributed by atoms with Crippen molar-refractivity contribution in [1.29, 1.82) is 0 Å². The van der Waals surface area contributed by atoms with Crippen molar-refractivity contribution in [2.75, 3.05) is 26.2 Å². The van der Waals surface area contributed by atoms with Gasteiger partial charge in [0, 0.05) is 37.9 Å². The van der Waals surface area contributed by atoms with Crippen LogP contribution in [0.1, 0.15) is 43.0 Å². The van der Waals surface area contributed by atoms with Gasteiger partial charge in [0.2, 0.25) is 0 Å². The Bertz CT molecular complexity index is 723. The summed E-state index contributed by atoms with van der Waals surface area (Å²) in [5.41, 5.74) is 3.81. The summed E-state index contributed by atoms with van der Waals surface area (Å²) >= 11 is 0. The van der Waals surface area contributed by atoms with Gasteiger partial charge in [-0.3, -0.25) is 9.88 Å². The first-order chi connectivity index (χ1) is 13.8. The third kappa shape index (κ3) is 6.64. The van der Waals surface area contributed by atoms with E-state index >= 15 is 0 Å². The first-order valence-corrected chi connectivity index (χ1v) is 10.6. The summed E-state index contributed by atoms with van der Waals surface area (Å²) in [6.45, 7) is 7.94. The molecule has 0 radical (unpaired) electrons. The summed E-state index contributed by atoms with van der Waals surface area (Å²) in [6, 6.07) is 14.8. The molecule has 1 aliphatic rings. The van der Waals surface area contributed by atoms with Crippen LogP contribution in [0.3, 0.4) is 0 Å². The second kappa shape index (κ2) is 11.4. The fourth-order valence-corrected chi connectivity index (χ4v) is 3.59. The largest absolute Gasteiger partial charge is 0.357 e. The van der Waals surface area contributed by atoms with E-state index in [1.165, 1.54) is 43.5 Å². The molecule has 28 heavy (non-hydrogen) atoms. The molecule has 0 atom stereocenters. The van der Waals surface area contributed by atoms with E-state index in [1.54, 1.807) is 0 Å². The normalized spacial score (nSPS) is 15.4. The Hall–Kier alpha value is -2.40. The van der Waals surface area contributed by atoms with Crippen molar-refractivity contribution in [1.82, 2.24) is 20.5 Å². The highest BCUT2D eigenvalue weighted by Gasteiger charge is 2.12. The molecule has 2 N–H and O–H groups in total. The standard InChI is InChI=1S/C23H33N5/c1-2-24-23(26-15-13-22-12-6-7-14-25-22)27-18-20-10-4-5-11-21(20)19-28-16-8-3-9-17-28/h4-7,10-12,14H,2-3,8-9,13,15-19H2,1H3,(H2,24,26,27). The average Bonchev–Trinajstić information content (AvgIpc) is 2.74. The molecule has 3 rings (SSSR count). The second-order valence-electron chi connectivity index (χ2n) is 7.30. The van der Waals surface area contributed by atoms with Crippen molar-refractivity contribution in [3.05, 3.63) is 65.5 Å². The number of benzene rings is 1. The molecule has 0 unspecified atom stereocenters. The monoisotopic (exact) mass is 379 g/mol. The smallest absolute Gasteiger partial charge is 0.191 e. The van der Waals surface area contributed by atoms with Crippen LogP contribution in [0.2, 0.25) is 0 Å². The third-order valence-electron chi connectivity index (χ3n) is 5.11. The minimum atomic E-state index is 0.697. The quantitative estimate of drug-likeness (QED) is 0.545. The molecule has 1 aliphatic heterocycles. The number of hydrogen-bond donors (Lipinski definition) is 2. The van der Waals surface area contributed by atoms with Crippen LogP contribution >= 0.6 is 0 Å². The number of nitrogens with zero attached hydrogens (tertiary/aromatic N) is 3. The first-order valence-electron chi connectivity index (χ1n) is 10.6. The van der Waals surface area contributed by atoms with Crippen LogP contribution in [0.5, 0.6) is 0 Å². The van der Waals surface area contributed by atoms with E-state index in [0.717, 1.165) is 37.7 Å². The molecule has 150 valence electrons. The second-order valence-corrected chi connectivity index (χ2v) is 7.30. The molecule has 1 aromatic heterocycles. The van der Waals surface area contributed by atoms with E-state index in [4.69, 9.17) is 4.99 Å². The number of nitrogens with one attached hydrogen (secondary N) is 2. The lowest BCUT2D eigenvalue weighted by molar-refractivity contribution is 0.220. The number of guanidine groups is 1. The van der Waals surface area contributed by atoms with Gasteiger partial charge in [0.15, 0.2) is 5.96 Å². The van der Waals surface area contributed by atoms with E-state index in [2.05, 4.69) is 57.8 Å². The van der Waals surface area contributed by atoms with Gasteiger partial charge in [-0.15, -0.1) is 0 Å². The van der Waals surface area contributed by atoms with Crippen molar-refractivity contribution >= 4 is 5.96 Å². The molecule has 2 aromatic rings. The Morgan fingerprint density at radius 2 is 1.79 bits per heavy atom. The number of hydrogen-bond acceptors (Lipinski definition) is 3. The summed E-state index contributed by atoms with van der Waals surface area (Å²) in [5, 5.41) is 6.78. The fraction of sp³-hybridized carbons (Fsp3) is 0.478. The van der Waals surface area contributed by atoms with Gasteiger partial charge in [0.25, 0.3) is 0 Å². The Morgan fingerprint density at radius 3 is 2.54 bits per heavy atom. The van der Waals surface area contributed by atoms with Crippen LogP contribution in [0.4, 0.5) is 0 Å². The molecule has 2 heterocycles. The van der Waals surface area contributed by atoms with Crippen LogP contribution in [0.15, 0.2) is 53.7 Å². The fourth-order valence-electron chi connectivity index (χ4n) is 3.59. The van der Waals surface area contributed by atoms with Crippen LogP contribution < -0.4 is 10.6 Å². The SMILES string of the molecule is CCNC(=NCc1ccccc1CN1CCCCC1)NCCc1ccccn1. The average molecular weight is 380 g/mol. The minimum absolute atomic E-state index is 0.697. The molecule has 1 aromatic carbocycles. The van der Waals surface area contributed by atoms with Crippen molar-refractivity contribution in [3.8, 4) is 0 Å². The highest BCUT2D eigenvalue weighted by molar-refractivity contribution is 5.79. The molecule has 0 spiro atoms.